The normalized spacial score (nSPS) is 26.2. The highest BCUT2D eigenvalue weighted by molar-refractivity contribution is 5.71. The Bertz CT molecular complexity index is 436. The lowest BCUT2D eigenvalue weighted by molar-refractivity contribution is -0.00891. The second kappa shape index (κ2) is 3.22. The maximum atomic E-state index is 12.1. The first-order valence-electron chi connectivity index (χ1n) is 5.63. The molecule has 6 nitrogen and oxygen atoms in total. The molecule has 3 heterocycles. The van der Waals surface area contributed by atoms with Crippen LogP contribution in [-0.2, 0) is 9.47 Å². The van der Waals surface area contributed by atoms with Gasteiger partial charge in [0.25, 0.3) is 0 Å². The van der Waals surface area contributed by atoms with Gasteiger partial charge in [-0.3, -0.25) is 10.00 Å². The van der Waals surface area contributed by atoms with Crippen LogP contribution in [-0.4, -0.2) is 33.4 Å². The van der Waals surface area contributed by atoms with E-state index in [9.17, 15) is 4.79 Å². The number of nitrogens with one attached hydrogen (secondary N) is 1. The third kappa shape index (κ3) is 1.51. The minimum absolute atomic E-state index is 0.0904. The van der Waals surface area contributed by atoms with Crippen molar-refractivity contribution in [2.45, 2.75) is 38.6 Å². The van der Waals surface area contributed by atoms with E-state index in [1.807, 2.05) is 20.8 Å². The highest BCUT2D eigenvalue weighted by Gasteiger charge is 2.50. The topological polar surface area (TPSA) is 67.4 Å². The van der Waals surface area contributed by atoms with E-state index >= 15 is 0 Å². The van der Waals surface area contributed by atoms with Gasteiger partial charge in [0.05, 0.1) is 18.5 Å². The number of fused-ring (bicyclic) bond motifs is 5. The van der Waals surface area contributed by atoms with E-state index in [1.54, 1.807) is 11.1 Å². The molecule has 1 amide bonds. The molecule has 2 unspecified atom stereocenters. The van der Waals surface area contributed by atoms with Crippen LogP contribution >= 0.6 is 0 Å². The van der Waals surface area contributed by atoms with E-state index < -0.39 is 5.60 Å². The summed E-state index contributed by atoms with van der Waals surface area (Å²) in [6.07, 6.45) is 1.02. The Balaban J connectivity index is 1.84. The van der Waals surface area contributed by atoms with Gasteiger partial charge in [-0.1, -0.05) is 0 Å². The van der Waals surface area contributed by atoms with Crippen LogP contribution in [0.5, 0.6) is 0 Å². The molecule has 17 heavy (non-hydrogen) atoms. The van der Waals surface area contributed by atoms with E-state index in [0.717, 1.165) is 11.3 Å². The van der Waals surface area contributed by atoms with Crippen molar-refractivity contribution in [3.8, 4) is 0 Å². The highest BCUT2D eigenvalue weighted by atomic mass is 16.6. The molecular weight excluding hydrogens is 222 g/mol. The van der Waals surface area contributed by atoms with Gasteiger partial charge in [-0.2, -0.15) is 5.10 Å². The number of nitrogens with zero attached hydrogens (tertiary/aromatic N) is 2. The van der Waals surface area contributed by atoms with Crippen molar-refractivity contribution in [1.82, 2.24) is 15.1 Å². The molecule has 1 saturated heterocycles. The third-order valence-corrected chi connectivity index (χ3v) is 2.90. The fraction of sp³-hybridized carbons (Fsp3) is 0.636. The number of amides is 1. The van der Waals surface area contributed by atoms with Gasteiger partial charge in [-0.05, 0) is 20.8 Å². The highest BCUT2D eigenvalue weighted by Crippen LogP contribution is 2.47. The zero-order valence-corrected chi connectivity index (χ0v) is 10.1. The second-order valence-corrected chi connectivity index (χ2v) is 5.33. The molecule has 2 atom stereocenters. The summed E-state index contributed by atoms with van der Waals surface area (Å²) in [6, 6.07) is -0.0904. The zero-order chi connectivity index (χ0) is 12.2. The van der Waals surface area contributed by atoms with Crippen LogP contribution in [0.15, 0.2) is 6.20 Å². The van der Waals surface area contributed by atoms with Crippen molar-refractivity contribution in [2.75, 3.05) is 6.61 Å². The smallest absolute Gasteiger partial charge is 0.413 e. The maximum absolute atomic E-state index is 12.1. The van der Waals surface area contributed by atoms with Crippen molar-refractivity contribution >= 4 is 6.09 Å². The third-order valence-electron chi connectivity index (χ3n) is 2.90. The van der Waals surface area contributed by atoms with Gasteiger partial charge in [-0.15, -0.1) is 0 Å². The maximum Gasteiger partial charge on any atom is 0.413 e. The van der Waals surface area contributed by atoms with E-state index in [2.05, 4.69) is 10.2 Å². The van der Waals surface area contributed by atoms with Gasteiger partial charge in [0.1, 0.15) is 11.6 Å². The van der Waals surface area contributed by atoms with E-state index in [4.69, 9.17) is 9.47 Å². The number of ether oxygens (including phenoxy) is 2. The first kappa shape index (κ1) is 10.6. The molecule has 0 aromatic carbocycles. The molecule has 1 fully saturated rings. The number of hydrogen-bond donors (Lipinski definition) is 1. The Morgan fingerprint density at radius 2 is 2.41 bits per heavy atom. The Morgan fingerprint density at radius 3 is 3.06 bits per heavy atom. The van der Waals surface area contributed by atoms with Crippen molar-refractivity contribution < 1.29 is 14.3 Å². The minimum Gasteiger partial charge on any atom is -0.444 e. The van der Waals surface area contributed by atoms with Crippen molar-refractivity contribution in [1.29, 1.82) is 0 Å². The summed E-state index contributed by atoms with van der Waals surface area (Å²) in [5.41, 5.74) is 1.41. The second-order valence-electron chi connectivity index (χ2n) is 5.33. The number of hydrogen-bond acceptors (Lipinski definition) is 4. The van der Waals surface area contributed by atoms with Gasteiger partial charge >= 0.3 is 6.09 Å². The molecule has 0 spiro atoms. The lowest BCUT2D eigenvalue weighted by Gasteiger charge is -2.26. The van der Waals surface area contributed by atoms with Gasteiger partial charge in [0.15, 0.2) is 6.23 Å². The molecule has 0 radical (unpaired) electrons. The van der Waals surface area contributed by atoms with Crippen LogP contribution in [0.2, 0.25) is 0 Å². The van der Waals surface area contributed by atoms with Crippen molar-refractivity contribution in [3.63, 3.8) is 0 Å². The Labute approximate surface area is 98.9 Å². The van der Waals surface area contributed by atoms with Crippen molar-refractivity contribution in [2.24, 2.45) is 0 Å². The van der Waals surface area contributed by atoms with Gasteiger partial charge in [0.2, 0.25) is 0 Å². The van der Waals surface area contributed by atoms with Crippen LogP contribution in [0.25, 0.3) is 0 Å². The fourth-order valence-corrected chi connectivity index (χ4v) is 2.28. The van der Waals surface area contributed by atoms with Crippen LogP contribution in [0, 0.1) is 0 Å². The lowest BCUT2D eigenvalue weighted by atomic mass is 10.2. The van der Waals surface area contributed by atoms with E-state index in [0.29, 0.717) is 6.61 Å². The average Bonchev–Trinajstić information content (AvgIpc) is 2.86. The number of aromatic amines is 1. The lowest BCUT2D eigenvalue weighted by Crippen LogP contribution is -2.35. The SMILES string of the molecule is CC(C)(C)OC(=O)N1C2COC1c1cn[nH]c12. The van der Waals surface area contributed by atoms with Crippen LogP contribution in [0.3, 0.4) is 0 Å². The summed E-state index contributed by atoms with van der Waals surface area (Å²) in [4.78, 5) is 13.7. The number of carbonyl (C=O) groups is 1. The standard InChI is InChI=1S/C11H15N3O3/c1-11(2,3)17-10(15)14-7-5-16-9(14)6-4-12-13-8(6)7/h4,7,9H,5H2,1-3H3,(H,12,13). The van der Waals surface area contributed by atoms with Gasteiger partial charge in [0, 0.05) is 5.56 Å². The summed E-state index contributed by atoms with van der Waals surface area (Å²) in [5.74, 6) is 0. The van der Waals surface area contributed by atoms with E-state index in [-0.39, 0.29) is 18.4 Å². The molecule has 0 aliphatic carbocycles. The Morgan fingerprint density at radius 1 is 1.65 bits per heavy atom. The molecular formula is C11H15N3O3. The van der Waals surface area contributed by atoms with Crippen LogP contribution in [0.4, 0.5) is 4.79 Å². The van der Waals surface area contributed by atoms with Crippen molar-refractivity contribution in [3.05, 3.63) is 17.5 Å². The summed E-state index contributed by atoms with van der Waals surface area (Å²) < 4.78 is 10.9. The fourth-order valence-electron chi connectivity index (χ4n) is 2.28. The molecule has 3 rings (SSSR count). The largest absolute Gasteiger partial charge is 0.444 e. The molecule has 0 saturated carbocycles. The molecule has 1 N–H and O–H groups in total. The summed E-state index contributed by atoms with van der Waals surface area (Å²) in [6.45, 7) is 6.05. The molecule has 2 aliphatic rings. The summed E-state index contributed by atoms with van der Waals surface area (Å²) >= 11 is 0. The quantitative estimate of drug-likeness (QED) is 0.746. The molecule has 6 heteroatoms. The van der Waals surface area contributed by atoms with Crippen LogP contribution in [0.1, 0.15) is 44.3 Å². The summed E-state index contributed by atoms with van der Waals surface area (Å²) in [7, 11) is 0. The van der Waals surface area contributed by atoms with Gasteiger partial charge in [-0.25, -0.2) is 4.79 Å². The monoisotopic (exact) mass is 237 g/mol. The molecule has 92 valence electrons. The number of H-pyrrole nitrogens is 1. The summed E-state index contributed by atoms with van der Waals surface area (Å²) in [5, 5.41) is 6.89. The number of carbonyl (C=O) groups excluding carboxylic acids is 1. The molecule has 2 bridgehead atoms. The number of rotatable bonds is 0. The average molecular weight is 237 g/mol. The first-order chi connectivity index (χ1) is 7.97. The Kier molecular flexibility index (Phi) is 2.01. The predicted molar refractivity (Wildman–Crippen MR) is 58.1 cm³/mol. The number of aromatic nitrogens is 2. The first-order valence-corrected chi connectivity index (χ1v) is 5.63. The zero-order valence-electron chi connectivity index (χ0n) is 10.1. The predicted octanol–water partition coefficient (Wildman–Crippen LogP) is 1.73. The molecule has 1 aromatic rings. The Hall–Kier alpha value is -1.56. The van der Waals surface area contributed by atoms with Crippen LogP contribution < -0.4 is 0 Å². The van der Waals surface area contributed by atoms with Gasteiger partial charge < -0.3 is 9.47 Å². The minimum atomic E-state index is -0.495. The molecule has 1 aromatic heterocycles. The molecule has 2 aliphatic heterocycles. The van der Waals surface area contributed by atoms with E-state index in [1.165, 1.54) is 0 Å².